The molecule has 0 spiro atoms. The molecule has 0 radical (unpaired) electrons. The van der Waals surface area contributed by atoms with E-state index < -0.39 is 0 Å². The second kappa shape index (κ2) is 7.03. The molecule has 0 N–H and O–H groups in total. The zero-order valence-electron chi connectivity index (χ0n) is 17.3. The first-order valence-corrected chi connectivity index (χ1v) is 9.75. The Balaban J connectivity index is 1.89. The second-order valence-corrected chi connectivity index (χ2v) is 8.79. The first-order valence-electron chi connectivity index (χ1n) is 9.75. The first-order chi connectivity index (χ1) is 12.6. The van der Waals surface area contributed by atoms with Gasteiger partial charge in [0.1, 0.15) is 11.5 Å². The van der Waals surface area contributed by atoms with Crippen molar-refractivity contribution in [1.82, 2.24) is 0 Å². The summed E-state index contributed by atoms with van der Waals surface area (Å²) in [5.74, 6) is 1.77. The van der Waals surface area contributed by atoms with Gasteiger partial charge in [0.25, 0.3) is 0 Å². The van der Waals surface area contributed by atoms with Crippen LogP contribution in [0.2, 0.25) is 0 Å². The molecule has 3 rings (SSSR count). The van der Waals surface area contributed by atoms with Crippen molar-refractivity contribution in [3.05, 3.63) is 58.5 Å². The monoisotopic (exact) mass is 366 g/mol. The third-order valence-electron chi connectivity index (χ3n) is 5.64. The Kier molecular flexibility index (Phi) is 5.07. The summed E-state index contributed by atoms with van der Waals surface area (Å²) in [6.45, 7) is 13.4. The summed E-state index contributed by atoms with van der Waals surface area (Å²) in [6.07, 6.45) is 4.40. The highest BCUT2D eigenvalue weighted by atomic mass is 16.5. The minimum absolute atomic E-state index is 0.0741. The van der Waals surface area contributed by atoms with Crippen molar-refractivity contribution in [2.24, 2.45) is 0 Å². The maximum Gasteiger partial charge on any atom is 0.338 e. The minimum Gasteiger partial charge on any atom is -0.462 e. The maximum atomic E-state index is 11.8. The van der Waals surface area contributed by atoms with E-state index in [4.69, 9.17) is 9.15 Å². The Morgan fingerprint density at radius 2 is 1.74 bits per heavy atom. The quantitative estimate of drug-likeness (QED) is 0.591. The fourth-order valence-corrected chi connectivity index (χ4v) is 3.71. The van der Waals surface area contributed by atoms with Gasteiger partial charge >= 0.3 is 5.97 Å². The molecule has 0 aliphatic heterocycles. The van der Waals surface area contributed by atoms with Crippen molar-refractivity contribution < 1.29 is 13.9 Å². The molecule has 0 fully saturated rings. The smallest absolute Gasteiger partial charge is 0.338 e. The third kappa shape index (κ3) is 3.87. The van der Waals surface area contributed by atoms with Crippen molar-refractivity contribution in [3.8, 4) is 0 Å². The molecule has 2 aromatic rings. The first kappa shape index (κ1) is 19.5. The van der Waals surface area contributed by atoms with Crippen LogP contribution in [0, 0.1) is 0 Å². The number of hydrogen-bond donors (Lipinski definition) is 0. The average molecular weight is 367 g/mol. The van der Waals surface area contributed by atoms with Crippen LogP contribution in [0.15, 0.2) is 34.7 Å². The molecule has 1 aromatic carbocycles. The predicted molar refractivity (Wildman–Crippen MR) is 110 cm³/mol. The van der Waals surface area contributed by atoms with E-state index in [1.807, 2.05) is 19.1 Å². The Hall–Kier alpha value is -2.29. The molecule has 0 amide bonds. The lowest BCUT2D eigenvalue weighted by Crippen LogP contribution is -2.32. The molecule has 27 heavy (non-hydrogen) atoms. The lowest BCUT2D eigenvalue weighted by molar-refractivity contribution is 0.0526. The van der Waals surface area contributed by atoms with Crippen molar-refractivity contribution in [2.45, 2.75) is 65.2 Å². The number of allylic oxidation sites excluding steroid dienone is 1. The summed E-state index contributed by atoms with van der Waals surface area (Å²) < 4.78 is 11.4. The SMILES string of the molecule is CCOC(=O)c1ccc(/C=C(\C)c2cc3c(o2)C(C)(C)CCC3(C)C)cc1. The number of rotatable bonds is 4. The van der Waals surface area contributed by atoms with Crippen LogP contribution in [0.5, 0.6) is 0 Å². The molecule has 3 nitrogen and oxygen atoms in total. The van der Waals surface area contributed by atoms with Gasteiger partial charge in [0.2, 0.25) is 0 Å². The van der Waals surface area contributed by atoms with Crippen molar-refractivity contribution in [2.75, 3.05) is 6.61 Å². The minimum atomic E-state index is -0.284. The molecule has 1 heterocycles. The van der Waals surface area contributed by atoms with Gasteiger partial charge in [0.05, 0.1) is 12.2 Å². The summed E-state index contributed by atoms with van der Waals surface area (Å²) in [5, 5.41) is 0. The molecule has 1 aliphatic rings. The van der Waals surface area contributed by atoms with Gasteiger partial charge in [-0.2, -0.15) is 0 Å². The third-order valence-corrected chi connectivity index (χ3v) is 5.64. The standard InChI is InChI=1S/C24H30O3/c1-7-26-22(25)18-10-8-17(9-11-18)14-16(2)20-15-19-21(27-20)24(5,6)13-12-23(19,3)4/h8-11,14-15H,7,12-13H2,1-6H3/b16-14+. The van der Waals surface area contributed by atoms with E-state index in [9.17, 15) is 4.79 Å². The summed E-state index contributed by atoms with van der Waals surface area (Å²) in [6, 6.07) is 9.70. The number of ether oxygens (including phenoxy) is 1. The van der Waals surface area contributed by atoms with Crippen LogP contribution >= 0.6 is 0 Å². The van der Waals surface area contributed by atoms with Crippen LogP contribution in [-0.4, -0.2) is 12.6 Å². The second-order valence-electron chi connectivity index (χ2n) is 8.79. The van der Waals surface area contributed by atoms with Gasteiger partial charge in [-0.15, -0.1) is 0 Å². The normalized spacial score (nSPS) is 18.1. The molecule has 0 saturated heterocycles. The van der Waals surface area contributed by atoms with Gasteiger partial charge in [-0.1, -0.05) is 39.8 Å². The Morgan fingerprint density at radius 3 is 2.33 bits per heavy atom. The van der Waals surface area contributed by atoms with E-state index in [0.717, 1.165) is 29.1 Å². The number of esters is 1. The van der Waals surface area contributed by atoms with E-state index >= 15 is 0 Å². The Bertz CT molecular complexity index is 830. The summed E-state index contributed by atoms with van der Waals surface area (Å²) in [5.41, 5.74) is 4.25. The molecule has 3 heteroatoms. The number of fused-ring (bicyclic) bond motifs is 1. The van der Waals surface area contributed by atoms with Crippen molar-refractivity contribution in [1.29, 1.82) is 0 Å². The van der Waals surface area contributed by atoms with Crippen molar-refractivity contribution in [3.63, 3.8) is 0 Å². The molecule has 1 aromatic heterocycles. The molecule has 0 bridgehead atoms. The molecular weight excluding hydrogens is 336 g/mol. The molecule has 144 valence electrons. The highest BCUT2D eigenvalue weighted by molar-refractivity contribution is 5.90. The molecule has 0 atom stereocenters. The topological polar surface area (TPSA) is 39.4 Å². The lowest BCUT2D eigenvalue weighted by atomic mass is 9.66. The van der Waals surface area contributed by atoms with Gasteiger partial charge in [-0.05, 0) is 67.5 Å². The molecular formula is C24H30O3. The van der Waals surface area contributed by atoms with Crippen LogP contribution in [0.25, 0.3) is 11.6 Å². The predicted octanol–water partition coefficient (Wildman–Crippen LogP) is 6.37. The number of carbonyl (C=O) groups excluding carboxylic acids is 1. The van der Waals surface area contributed by atoms with Crippen LogP contribution in [0.3, 0.4) is 0 Å². The van der Waals surface area contributed by atoms with Gasteiger partial charge in [0, 0.05) is 11.0 Å². The van der Waals surface area contributed by atoms with Crippen molar-refractivity contribution >= 4 is 17.6 Å². The van der Waals surface area contributed by atoms with E-state index in [-0.39, 0.29) is 16.8 Å². The Labute approximate surface area is 162 Å². The zero-order chi connectivity index (χ0) is 19.8. The molecule has 0 unspecified atom stereocenters. The highest BCUT2D eigenvalue weighted by Crippen LogP contribution is 2.47. The van der Waals surface area contributed by atoms with Gasteiger partial charge in [0.15, 0.2) is 0 Å². The van der Waals surface area contributed by atoms with E-state index in [2.05, 4.69) is 46.8 Å². The van der Waals surface area contributed by atoms with Crippen LogP contribution < -0.4 is 0 Å². The number of benzene rings is 1. The maximum absolute atomic E-state index is 11.8. The van der Waals surface area contributed by atoms with Crippen LogP contribution in [0.4, 0.5) is 0 Å². The fraction of sp³-hybridized carbons (Fsp3) is 0.458. The highest BCUT2D eigenvalue weighted by Gasteiger charge is 2.40. The van der Waals surface area contributed by atoms with Crippen LogP contribution in [-0.2, 0) is 15.6 Å². The molecule has 0 saturated carbocycles. The lowest BCUT2D eigenvalue weighted by Gasteiger charge is -2.37. The zero-order valence-corrected chi connectivity index (χ0v) is 17.3. The van der Waals surface area contributed by atoms with E-state index in [0.29, 0.717) is 12.2 Å². The summed E-state index contributed by atoms with van der Waals surface area (Å²) >= 11 is 0. The Morgan fingerprint density at radius 1 is 1.11 bits per heavy atom. The summed E-state index contributed by atoms with van der Waals surface area (Å²) in [4.78, 5) is 11.8. The van der Waals surface area contributed by atoms with Gasteiger partial charge < -0.3 is 9.15 Å². The largest absolute Gasteiger partial charge is 0.462 e. The number of carbonyl (C=O) groups is 1. The number of furan rings is 1. The van der Waals surface area contributed by atoms with Gasteiger partial charge in [-0.25, -0.2) is 4.79 Å². The van der Waals surface area contributed by atoms with E-state index in [1.54, 1.807) is 12.1 Å². The summed E-state index contributed by atoms with van der Waals surface area (Å²) in [7, 11) is 0. The molecule has 1 aliphatic carbocycles. The average Bonchev–Trinajstić information content (AvgIpc) is 3.08. The van der Waals surface area contributed by atoms with E-state index in [1.165, 1.54) is 12.0 Å². The number of hydrogen-bond acceptors (Lipinski definition) is 3. The van der Waals surface area contributed by atoms with Gasteiger partial charge in [-0.3, -0.25) is 0 Å². The fourth-order valence-electron chi connectivity index (χ4n) is 3.71. The van der Waals surface area contributed by atoms with Crippen LogP contribution in [0.1, 0.15) is 87.4 Å².